The number of allylic oxidation sites excluding steroid dienone is 1. The average Bonchev–Trinajstić information content (AvgIpc) is 2.64. The van der Waals surface area contributed by atoms with Crippen LogP contribution < -0.4 is 0 Å². The molecule has 1 aliphatic carbocycles. The van der Waals surface area contributed by atoms with Gasteiger partial charge in [0, 0.05) is 11.2 Å². The molecular formula is C15H20BrF3O4. The highest BCUT2D eigenvalue weighted by molar-refractivity contribution is 9.09. The summed E-state index contributed by atoms with van der Waals surface area (Å²) in [6, 6.07) is 0. The van der Waals surface area contributed by atoms with Crippen molar-refractivity contribution in [2.24, 2.45) is 11.8 Å². The molecule has 23 heavy (non-hydrogen) atoms. The van der Waals surface area contributed by atoms with Crippen LogP contribution in [0.2, 0.25) is 0 Å². The summed E-state index contributed by atoms with van der Waals surface area (Å²) in [4.78, 5) is 4.90. The Labute approximate surface area is 141 Å². The molecule has 1 saturated carbocycles. The van der Waals surface area contributed by atoms with Crippen molar-refractivity contribution in [2.75, 3.05) is 5.33 Å². The zero-order chi connectivity index (χ0) is 16.8. The van der Waals surface area contributed by atoms with Crippen molar-refractivity contribution in [1.29, 1.82) is 0 Å². The van der Waals surface area contributed by atoms with Gasteiger partial charge in [0.1, 0.15) is 0 Å². The van der Waals surface area contributed by atoms with Gasteiger partial charge in [0.05, 0.1) is 6.10 Å². The van der Waals surface area contributed by atoms with Gasteiger partial charge in [-0.25, -0.2) is 4.89 Å². The number of hydrogen-bond donors (Lipinski definition) is 1. The third kappa shape index (κ3) is 2.71. The molecule has 3 aliphatic rings. The Morgan fingerprint density at radius 1 is 1.30 bits per heavy atom. The van der Waals surface area contributed by atoms with E-state index in [4.69, 9.17) is 14.4 Å². The van der Waals surface area contributed by atoms with E-state index < -0.39 is 29.7 Å². The molecular weight excluding hydrogens is 381 g/mol. The molecule has 5 atom stereocenters. The van der Waals surface area contributed by atoms with Gasteiger partial charge in [-0.15, -0.1) is 0 Å². The summed E-state index contributed by atoms with van der Waals surface area (Å²) < 4.78 is 51.2. The van der Waals surface area contributed by atoms with E-state index in [1.807, 2.05) is 0 Å². The van der Waals surface area contributed by atoms with Gasteiger partial charge in [-0.1, -0.05) is 22.4 Å². The second-order valence-corrected chi connectivity index (χ2v) is 7.15. The van der Waals surface area contributed by atoms with Gasteiger partial charge in [-0.05, 0) is 44.1 Å². The van der Waals surface area contributed by atoms with Crippen LogP contribution >= 0.6 is 15.9 Å². The van der Waals surface area contributed by atoms with Crippen LogP contribution in [0.25, 0.3) is 0 Å². The summed E-state index contributed by atoms with van der Waals surface area (Å²) in [7, 11) is 0. The summed E-state index contributed by atoms with van der Waals surface area (Å²) >= 11 is 3.15. The Hall–Kier alpha value is -0.310. The molecule has 0 bridgehead atoms. The van der Waals surface area contributed by atoms with Crippen molar-refractivity contribution in [3.63, 3.8) is 0 Å². The first kappa shape index (κ1) is 17.5. The lowest BCUT2D eigenvalue weighted by Crippen LogP contribution is -2.62. The number of alkyl halides is 4. The number of ether oxygens (including phenoxy) is 2. The average molecular weight is 401 g/mol. The highest BCUT2D eigenvalue weighted by Crippen LogP contribution is 2.56. The predicted octanol–water partition coefficient (Wildman–Crippen LogP) is 4.40. The van der Waals surface area contributed by atoms with Crippen LogP contribution in [0.1, 0.15) is 39.0 Å². The van der Waals surface area contributed by atoms with Crippen molar-refractivity contribution < 1.29 is 32.8 Å². The number of hydrogen-bond acceptors (Lipinski definition) is 4. The highest BCUT2D eigenvalue weighted by Gasteiger charge is 2.64. The third-order valence-corrected chi connectivity index (χ3v) is 5.97. The molecule has 0 spiro atoms. The van der Waals surface area contributed by atoms with Crippen molar-refractivity contribution in [1.82, 2.24) is 0 Å². The predicted molar refractivity (Wildman–Crippen MR) is 78.8 cm³/mol. The third-order valence-electron chi connectivity index (χ3n) is 5.37. The molecule has 3 rings (SSSR count). The molecule has 132 valence electrons. The molecule has 0 amide bonds. The van der Waals surface area contributed by atoms with Gasteiger partial charge in [0.15, 0.2) is 5.60 Å². The lowest BCUT2D eigenvalue weighted by Gasteiger charge is -2.52. The van der Waals surface area contributed by atoms with E-state index in [2.05, 4.69) is 15.9 Å². The van der Waals surface area contributed by atoms with Crippen molar-refractivity contribution >= 4 is 15.9 Å². The van der Waals surface area contributed by atoms with E-state index in [1.165, 1.54) is 0 Å². The van der Waals surface area contributed by atoms with E-state index in [9.17, 15) is 18.4 Å². The Morgan fingerprint density at radius 2 is 2.04 bits per heavy atom. The maximum Gasteiger partial charge on any atom is 0.449 e. The van der Waals surface area contributed by atoms with E-state index in [0.29, 0.717) is 12.8 Å². The fourth-order valence-corrected chi connectivity index (χ4v) is 4.99. The zero-order valence-corrected chi connectivity index (χ0v) is 14.3. The fourth-order valence-electron chi connectivity index (χ4n) is 4.34. The first-order valence-corrected chi connectivity index (χ1v) is 8.97. The van der Waals surface area contributed by atoms with Crippen LogP contribution in [0, 0.1) is 11.8 Å². The number of halogens is 4. The molecule has 1 saturated heterocycles. The van der Waals surface area contributed by atoms with E-state index in [1.54, 1.807) is 6.92 Å². The standard InChI is InChI=1S/C15H20BrF3O4/c1-8-5-6-9-3-2-4-11-10(7-16)12(15(17,18)19)22-13(21-8)14(9,11)23-20/h8-9,11,13,20H,2-7H2,1H3/t8-,9?,11-,13-,14+/m0/s1. The van der Waals surface area contributed by atoms with Crippen molar-refractivity contribution in [3.8, 4) is 0 Å². The van der Waals surface area contributed by atoms with Gasteiger partial charge in [0.25, 0.3) is 0 Å². The van der Waals surface area contributed by atoms with Gasteiger partial charge < -0.3 is 9.47 Å². The summed E-state index contributed by atoms with van der Waals surface area (Å²) in [5.41, 5.74) is -1.16. The van der Waals surface area contributed by atoms with Gasteiger partial charge in [0.2, 0.25) is 12.0 Å². The lowest BCUT2D eigenvalue weighted by atomic mass is 9.63. The van der Waals surface area contributed by atoms with Crippen molar-refractivity contribution in [2.45, 2.75) is 63.2 Å². The molecule has 2 heterocycles. The molecule has 1 unspecified atom stereocenters. The largest absolute Gasteiger partial charge is 0.456 e. The Kier molecular flexibility index (Phi) is 4.72. The van der Waals surface area contributed by atoms with Gasteiger partial charge in [-0.2, -0.15) is 13.2 Å². The minimum atomic E-state index is -4.60. The van der Waals surface area contributed by atoms with Crippen LogP contribution in [-0.2, 0) is 14.4 Å². The number of rotatable bonds is 2. The van der Waals surface area contributed by atoms with Crippen LogP contribution in [0.3, 0.4) is 0 Å². The monoisotopic (exact) mass is 400 g/mol. The smallest absolute Gasteiger partial charge is 0.449 e. The van der Waals surface area contributed by atoms with Crippen LogP contribution in [0.5, 0.6) is 0 Å². The zero-order valence-electron chi connectivity index (χ0n) is 12.7. The van der Waals surface area contributed by atoms with Crippen molar-refractivity contribution in [3.05, 3.63) is 11.3 Å². The molecule has 8 heteroatoms. The maximum atomic E-state index is 13.4. The fraction of sp³-hybridized carbons (Fsp3) is 0.867. The molecule has 2 fully saturated rings. The topological polar surface area (TPSA) is 47.9 Å². The molecule has 0 aromatic carbocycles. The highest BCUT2D eigenvalue weighted by atomic mass is 79.9. The molecule has 4 nitrogen and oxygen atoms in total. The van der Waals surface area contributed by atoms with E-state index in [0.717, 1.165) is 19.3 Å². The molecule has 0 radical (unpaired) electrons. The summed E-state index contributed by atoms with van der Waals surface area (Å²) in [5.74, 6) is -1.68. The molecule has 0 aromatic heterocycles. The Morgan fingerprint density at radius 3 is 2.65 bits per heavy atom. The van der Waals surface area contributed by atoms with Gasteiger partial charge in [-0.3, -0.25) is 5.26 Å². The Balaban J connectivity index is 2.14. The normalized spacial score (nSPS) is 41.1. The molecule has 1 N–H and O–H groups in total. The van der Waals surface area contributed by atoms with Crippen LogP contribution in [0.15, 0.2) is 11.3 Å². The SMILES string of the molecule is C[C@H]1CCC2CCC[C@H]3C(CBr)=C(C(F)(F)F)O[C@H](O1)[C@@]23OO. The lowest BCUT2D eigenvalue weighted by molar-refractivity contribution is -0.415. The second-order valence-electron chi connectivity index (χ2n) is 6.58. The molecule has 0 aromatic rings. The second kappa shape index (κ2) is 6.20. The first-order valence-electron chi connectivity index (χ1n) is 7.85. The van der Waals surface area contributed by atoms with E-state index in [-0.39, 0.29) is 22.9 Å². The van der Waals surface area contributed by atoms with Gasteiger partial charge >= 0.3 is 6.18 Å². The summed E-state index contributed by atoms with van der Waals surface area (Å²) in [6.45, 7) is 1.80. The minimum Gasteiger partial charge on any atom is -0.456 e. The Bertz CT molecular complexity index is 496. The van der Waals surface area contributed by atoms with Crippen LogP contribution in [0.4, 0.5) is 13.2 Å². The first-order chi connectivity index (χ1) is 10.8. The summed E-state index contributed by atoms with van der Waals surface area (Å²) in [6.07, 6.45) is -2.58. The van der Waals surface area contributed by atoms with Crippen LogP contribution in [-0.4, -0.2) is 34.8 Å². The summed E-state index contributed by atoms with van der Waals surface area (Å²) in [5, 5.41) is 9.74. The van der Waals surface area contributed by atoms with E-state index >= 15 is 0 Å². The molecule has 2 aliphatic heterocycles. The quantitative estimate of drug-likeness (QED) is 0.424. The maximum absolute atomic E-state index is 13.4. The minimum absolute atomic E-state index is 0.0204.